The molecule has 2 aliphatic rings. The second kappa shape index (κ2) is 13.4. The van der Waals surface area contributed by atoms with Crippen molar-refractivity contribution >= 4 is 29.8 Å². The van der Waals surface area contributed by atoms with Crippen molar-refractivity contribution in [1.82, 2.24) is 9.80 Å². The molecule has 14 heteroatoms. The molecule has 242 valence electrons. The van der Waals surface area contributed by atoms with E-state index in [1.54, 1.807) is 20.8 Å². The van der Waals surface area contributed by atoms with Gasteiger partial charge < -0.3 is 23.7 Å². The lowest BCUT2D eigenvalue weighted by Gasteiger charge is -2.50. The zero-order valence-corrected chi connectivity index (χ0v) is 25.9. The molecule has 0 N–H and O–H groups in total. The quantitative estimate of drug-likeness (QED) is 0.178. The molecular formula is C31H37N3O11. The molecule has 0 unspecified atom stereocenters. The van der Waals surface area contributed by atoms with E-state index in [9.17, 15) is 29.3 Å². The minimum Gasteiger partial charge on any atom is -0.493 e. The van der Waals surface area contributed by atoms with Crippen LogP contribution >= 0.6 is 0 Å². The van der Waals surface area contributed by atoms with Gasteiger partial charge in [0.15, 0.2) is 11.5 Å². The van der Waals surface area contributed by atoms with Crippen molar-refractivity contribution in [2.45, 2.75) is 70.3 Å². The largest absolute Gasteiger partial charge is 0.493 e. The number of methoxy groups -OCH3 is 2. The van der Waals surface area contributed by atoms with Crippen molar-refractivity contribution in [3.63, 3.8) is 0 Å². The standard InChI is InChI=1S/C31H37N3O11/c1-30(2,3)45-28(37)32-15-16-33(29(38)43-19-20-9-7-6-8-10-20)31(27(32)36)13-11-21(12-14-31)44-25-17-22(26(35)42-5)23(34(39)40)18-24(25)41-4/h6-10,17-18,21H,11-16,19H2,1-5H3/t21-,31-. The minimum absolute atomic E-state index is 0.00439. The van der Waals surface area contributed by atoms with Crippen molar-refractivity contribution in [1.29, 1.82) is 0 Å². The number of carbonyl (C=O) groups is 4. The SMILES string of the molecule is COC(=O)c1cc(O[C@H]2CC[C@]3(CC2)C(=O)N(C(=O)OC(C)(C)C)CCN3C(=O)OCc2ccccc2)c(OC)cc1[N+](=O)[O-]. The van der Waals surface area contributed by atoms with E-state index < -0.39 is 51.9 Å². The Balaban J connectivity index is 1.58. The number of piperazine rings is 1. The molecule has 1 aliphatic carbocycles. The number of esters is 1. The molecule has 2 aromatic rings. The topological polar surface area (TPSA) is 164 Å². The Labute approximate surface area is 260 Å². The summed E-state index contributed by atoms with van der Waals surface area (Å²) in [5.41, 5.74) is -2.28. The maximum absolute atomic E-state index is 14.0. The normalized spacial score (nSPS) is 19.9. The summed E-state index contributed by atoms with van der Waals surface area (Å²) in [4.78, 5) is 66.1. The lowest BCUT2D eigenvalue weighted by Crippen LogP contribution is -2.69. The van der Waals surface area contributed by atoms with Crippen LogP contribution in [0.1, 0.15) is 62.4 Å². The van der Waals surface area contributed by atoms with Crippen LogP contribution in [0.15, 0.2) is 42.5 Å². The van der Waals surface area contributed by atoms with E-state index in [2.05, 4.69) is 0 Å². The smallest absolute Gasteiger partial charge is 0.417 e. The number of amides is 3. The first kappa shape index (κ1) is 33.0. The van der Waals surface area contributed by atoms with Gasteiger partial charge in [0.05, 0.1) is 31.3 Å². The summed E-state index contributed by atoms with van der Waals surface area (Å²) in [6, 6.07) is 11.4. The highest BCUT2D eigenvalue weighted by atomic mass is 16.6. The van der Waals surface area contributed by atoms with Crippen LogP contribution in [0.3, 0.4) is 0 Å². The molecule has 3 amide bonds. The molecule has 1 saturated heterocycles. The van der Waals surface area contributed by atoms with Crippen LogP contribution in [0.2, 0.25) is 0 Å². The van der Waals surface area contributed by atoms with Gasteiger partial charge in [-0.2, -0.15) is 0 Å². The summed E-state index contributed by atoms with van der Waals surface area (Å²) in [6.45, 7) is 5.08. The van der Waals surface area contributed by atoms with Crippen LogP contribution in [-0.4, -0.2) is 83.3 Å². The highest BCUT2D eigenvalue weighted by Crippen LogP contribution is 2.42. The van der Waals surface area contributed by atoms with Gasteiger partial charge in [-0.1, -0.05) is 30.3 Å². The predicted molar refractivity (Wildman–Crippen MR) is 158 cm³/mol. The van der Waals surface area contributed by atoms with E-state index >= 15 is 0 Å². The van der Waals surface area contributed by atoms with Crippen molar-refractivity contribution in [3.05, 3.63) is 63.7 Å². The van der Waals surface area contributed by atoms with E-state index in [0.717, 1.165) is 23.6 Å². The number of rotatable bonds is 7. The van der Waals surface area contributed by atoms with Crippen molar-refractivity contribution in [3.8, 4) is 11.5 Å². The summed E-state index contributed by atoms with van der Waals surface area (Å²) in [5.74, 6) is -1.38. The zero-order valence-electron chi connectivity index (χ0n) is 25.9. The average Bonchev–Trinajstić information content (AvgIpc) is 3.01. The molecule has 14 nitrogen and oxygen atoms in total. The molecule has 1 spiro atoms. The van der Waals surface area contributed by atoms with Crippen molar-refractivity contribution < 1.29 is 47.8 Å². The number of carbonyl (C=O) groups excluding carboxylic acids is 4. The molecule has 0 bridgehead atoms. The molecule has 0 atom stereocenters. The van der Waals surface area contributed by atoms with Gasteiger partial charge in [0.25, 0.3) is 11.6 Å². The lowest BCUT2D eigenvalue weighted by molar-refractivity contribution is -0.385. The first-order valence-corrected chi connectivity index (χ1v) is 14.4. The van der Waals surface area contributed by atoms with Crippen molar-refractivity contribution in [2.75, 3.05) is 27.3 Å². The third-order valence-corrected chi connectivity index (χ3v) is 7.68. The summed E-state index contributed by atoms with van der Waals surface area (Å²) in [7, 11) is 2.42. The highest BCUT2D eigenvalue weighted by molar-refractivity contribution is 6.00. The van der Waals surface area contributed by atoms with Crippen LogP contribution in [0, 0.1) is 10.1 Å². The molecule has 45 heavy (non-hydrogen) atoms. The number of hydrogen-bond donors (Lipinski definition) is 0. The van der Waals surface area contributed by atoms with E-state index in [0.29, 0.717) is 0 Å². The molecular weight excluding hydrogens is 590 g/mol. The zero-order chi connectivity index (χ0) is 32.9. The van der Waals surface area contributed by atoms with E-state index in [-0.39, 0.29) is 62.4 Å². The Morgan fingerprint density at radius 2 is 1.67 bits per heavy atom. The van der Waals surface area contributed by atoms with E-state index in [4.69, 9.17) is 23.7 Å². The Hall–Kier alpha value is -4.88. The van der Waals surface area contributed by atoms with Gasteiger partial charge in [-0.15, -0.1) is 0 Å². The molecule has 2 fully saturated rings. The number of imide groups is 1. The fourth-order valence-electron chi connectivity index (χ4n) is 5.51. The second-order valence-corrected chi connectivity index (χ2v) is 11.7. The Morgan fingerprint density at radius 3 is 2.24 bits per heavy atom. The molecule has 4 rings (SSSR count). The molecule has 0 radical (unpaired) electrons. The molecule has 2 aromatic carbocycles. The summed E-state index contributed by atoms with van der Waals surface area (Å²) >= 11 is 0. The van der Waals surface area contributed by atoms with Gasteiger partial charge in [0, 0.05) is 19.2 Å². The Kier molecular flexibility index (Phi) is 9.84. The first-order chi connectivity index (χ1) is 21.3. The second-order valence-electron chi connectivity index (χ2n) is 11.7. The maximum atomic E-state index is 14.0. The number of hydrogen-bond acceptors (Lipinski definition) is 11. The average molecular weight is 628 g/mol. The highest BCUT2D eigenvalue weighted by Gasteiger charge is 2.55. The minimum atomic E-state index is -1.40. The van der Waals surface area contributed by atoms with Gasteiger partial charge in [-0.25, -0.2) is 19.3 Å². The fraction of sp³-hybridized carbons (Fsp3) is 0.484. The van der Waals surface area contributed by atoms with Crippen molar-refractivity contribution in [2.24, 2.45) is 0 Å². The van der Waals surface area contributed by atoms with Crippen LogP contribution in [-0.2, 0) is 25.6 Å². The number of nitro benzene ring substituents is 1. The Morgan fingerprint density at radius 1 is 1.00 bits per heavy atom. The molecule has 0 aromatic heterocycles. The van der Waals surface area contributed by atoms with E-state index in [1.165, 1.54) is 18.1 Å². The van der Waals surface area contributed by atoms with Crippen LogP contribution < -0.4 is 9.47 Å². The molecule has 1 aliphatic heterocycles. The molecule has 1 saturated carbocycles. The van der Waals surface area contributed by atoms with Gasteiger partial charge in [0.2, 0.25) is 0 Å². The molecule has 1 heterocycles. The van der Waals surface area contributed by atoms with Gasteiger partial charge >= 0.3 is 18.2 Å². The number of nitrogens with zero attached hydrogens (tertiary/aromatic N) is 3. The van der Waals surface area contributed by atoms with Gasteiger partial charge in [-0.05, 0) is 52.0 Å². The van der Waals surface area contributed by atoms with Crippen LogP contribution in [0.5, 0.6) is 11.5 Å². The summed E-state index contributed by atoms with van der Waals surface area (Å²) in [6.07, 6.45) is -1.26. The number of nitro groups is 1. The van der Waals surface area contributed by atoms with Gasteiger partial charge in [-0.3, -0.25) is 19.8 Å². The maximum Gasteiger partial charge on any atom is 0.417 e. The summed E-state index contributed by atoms with van der Waals surface area (Å²) < 4.78 is 27.2. The first-order valence-electron chi connectivity index (χ1n) is 14.4. The monoisotopic (exact) mass is 627 g/mol. The van der Waals surface area contributed by atoms with E-state index in [1.807, 2.05) is 30.3 Å². The Bertz CT molecular complexity index is 1450. The summed E-state index contributed by atoms with van der Waals surface area (Å²) in [5, 5.41) is 11.6. The number of benzene rings is 2. The fourth-order valence-corrected chi connectivity index (χ4v) is 5.51. The number of ether oxygens (including phenoxy) is 5. The predicted octanol–water partition coefficient (Wildman–Crippen LogP) is 4.87. The third kappa shape index (κ3) is 7.27. The van der Waals surface area contributed by atoms with Gasteiger partial charge in [0.1, 0.15) is 23.3 Å². The van der Waals surface area contributed by atoms with Crippen LogP contribution in [0.25, 0.3) is 0 Å². The van der Waals surface area contributed by atoms with Crippen LogP contribution in [0.4, 0.5) is 15.3 Å². The lowest BCUT2D eigenvalue weighted by atomic mass is 9.77. The third-order valence-electron chi connectivity index (χ3n) is 7.68.